The molecule has 5 nitrogen and oxygen atoms in total. The Hall–Kier alpha value is -2.71. The Balaban J connectivity index is 2.10. The van der Waals surface area contributed by atoms with Gasteiger partial charge in [-0.3, -0.25) is 0 Å². The number of carbonyl (C=O) groups excluding carboxylic acids is 1. The van der Waals surface area contributed by atoms with Crippen molar-refractivity contribution in [1.29, 1.82) is 5.26 Å². The predicted molar refractivity (Wildman–Crippen MR) is 81.8 cm³/mol. The van der Waals surface area contributed by atoms with Crippen molar-refractivity contribution in [3.05, 3.63) is 53.1 Å². The van der Waals surface area contributed by atoms with Crippen LogP contribution in [-0.4, -0.2) is 13.1 Å². The maximum Gasteiger partial charge on any atom is 0.323 e. The molecule has 0 fully saturated rings. The van der Waals surface area contributed by atoms with Crippen LogP contribution >= 0.6 is 11.6 Å². The molecule has 2 aromatic rings. The minimum atomic E-state index is -0.458. The molecule has 0 unspecified atom stereocenters. The second kappa shape index (κ2) is 6.64. The number of amides is 2. The average molecular weight is 302 g/mol. The fourth-order valence-electron chi connectivity index (χ4n) is 1.68. The van der Waals surface area contributed by atoms with E-state index in [0.717, 1.165) is 0 Å². The molecule has 106 valence electrons. The normalized spacial score (nSPS) is 9.57. The van der Waals surface area contributed by atoms with E-state index in [1.165, 1.54) is 6.07 Å². The molecule has 2 aromatic carbocycles. The van der Waals surface area contributed by atoms with E-state index in [1.54, 1.807) is 43.5 Å². The highest BCUT2D eigenvalue weighted by Crippen LogP contribution is 2.23. The Kier molecular flexibility index (Phi) is 4.64. The molecule has 21 heavy (non-hydrogen) atoms. The van der Waals surface area contributed by atoms with E-state index in [9.17, 15) is 4.79 Å². The molecule has 0 aliphatic rings. The number of nitriles is 1. The van der Waals surface area contributed by atoms with E-state index in [0.29, 0.717) is 27.7 Å². The van der Waals surface area contributed by atoms with Gasteiger partial charge in [0.15, 0.2) is 0 Å². The Morgan fingerprint density at radius 3 is 2.76 bits per heavy atom. The van der Waals surface area contributed by atoms with Crippen LogP contribution in [0.25, 0.3) is 0 Å². The molecule has 0 saturated heterocycles. The average Bonchev–Trinajstić information content (AvgIpc) is 2.49. The first-order valence-electron chi connectivity index (χ1n) is 6.04. The number of methoxy groups -OCH3 is 1. The van der Waals surface area contributed by atoms with Crippen molar-refractivity contribution in [2.24, 2.45) is 0 Å². The third-order valence-electron chi connectivity index (χ3n) is 2.67. The predicted octanol–water partition coefficient (Wildman–Crippen LogP) is 3.86. The van der Waals surface area contributed by atoms with Gasteiger partial charge in [0.05, 0.1) is 29.5 Å². The molecule has 0 aromatic heterocycles. The summed E-state index contributed by atoms with van der Waals surface area (Å²) in [4.78, 5) is 11.9. The van der Waals surface area contributed by atoms with Gasteiger partial charge in [0.2, 0.25) is 0 Å². The second-order valence-electron chi connectivity index (χ2n) is 4.12. The van der Waals surface area contributed by atoms with E-state index in [4.69, 9.17) is 21.6 Å². The maximum atomic E-state index is 11.9. The first kappa shape index (κ1) is 14.7. The number of nitrogens with zero attached hydrogens (tertiary/aromatic N) is 1. The van der Waals surface area contributed by atoms with Crippen molar-refractivity contribution in [2.75, 3.05) is 17.7 Å². The Bertz CT molecular complexity index is 710. The van der Waals surface area contributed by atoms with Crippen molar-refractivity contribution in [1.82, 2.24) is 0 Å². The van der Waals surface area contributed by atoms with E-state index < -0.39 is 6.03 Å². The zero-order chi connectivity index (χ0) is 15.2. The van der Waals surface area contributed by atoms with Gasteiger partial charge in [0.1, 0.15) is 5.75 Å². The van der Waals surface area contributed by atoms with Crippen molar-refractivity contribution < 1.29 is 9.53 Å². The van der Waals surface area contributed by atoms with Crippen LogP contribution in [0.5, 0.6) is 5.75 Å². The Morgan fingerprint density at radius 1 is 1.24 bits per heavy atom. The number of nitrogens with one attached hydrogen (secondary N) is 2. The smallest absolute Gasteiger partial charge is 0.323 e. The third kappa shape index (κ3) is 3.88. The molecule has 0 spiro atoms. The van der Waals surface area contributed by atoms with E-state index >= 15 is 0 Å². The summed E-state index contributed by atoms with van der Waals surface area (Å²) >= 11 is 5.98. The van der Waals surface area contributed by atoms with Crippen molar-refractivity contribution >= 4 is 29.0 Å². The SMILES string of the molecule is COc1cccc(NC(=O)Nc2cc(C#N)ccc2Cl)c1. The fraction of sp³-hybridized carbons (Fsp3) is 0.0667. The van der Waals surface area contributed by atoms with Crippen molar-refractivity contribution in [3.63, 3.8) is 0 Å². The van der Waals surface area contributed by atoms with Crippen LogP contribution in [-0.2, 0) is 0 Å². The van der Waals surface area contributed by atoms with Crippen LogP contribution in [0.1, 0.15) is 5.56 Å². The molecule has 0 radical (unpaired) electrons. The van der Waals surface area contributed by atoms with E-state index in [2.05, 4.69) is 10.6 Å². The molecular weight excluding hydrogens is 290 g/mol. The lowest BCUT2D eigenvalue weighted by molar-refractivity contribution is 0.262. The molecule has 0 aliphatic carbocycles. The lowest BCUT2D eigenvalue weighted by Gasteiger charge is -2.10. The summed E-state index contributed by atoms with van der Waals surface area (Å²) in [5, 5.41) is 14.5. The number of benzene rings is 2. The number of ether oxygens (including phenoxy) is 1. The summed E-state index contributed by atoms with van der Waals surface area (Å²) in [6, 6.07) is 13.1. The number of hydrogen-bond acceptors (Lipinski definition) is 3. The van der Waals surface area contributed by atoms with Gasteiger partial charge in [0, 0.05) is 11.8 Å². The number of halogens is 1. The van der Waals surface area contributed by atoms with Crippen molar-refractivity contribution in [2.45, 2.75) is 0 Å². The summed E-state index contributed by atoms with van der Waals surface area (Å²) in [5.41, 5.74) is 1.37. The summed E-state index contributed by atoms with van der Waals surface area (Å²) in [6.45, 7) is 0. The topological polar surface area (TPSA) is 74.2 Å². The van der Waals surface area contributed by atoms with Gasteiger partial charge < -0.3 is 15.4 Å². The van der Waals surface area contributed by atoms with Crippen LogP contribution in [0.3, 0.4) is 0 Å². The van der Waals surface area contributed by atoms with Crippen molar-refractivity contribution in [3.8, 4) is 11.8 Å². The van der Waals surface area contributed by atoms with Gasteiger partial charge in [-0.15, -0.1) is 0 Å². The quantitative estimate of drug-likeness (QED) is 0.904. The van der Waals surface area contributed by atoms with E-state index in [-0.39, 0.29) is 0 Å². The van der Waals surface area contributed by atoms with Crippen LogP contribution in [0.4, 0.5) is 16.2 Å². The lowest BCUT2D eigenvalue weighted by Crippen LogP contribution is -2.19. The number of urea groups is 1. The monoisotopic (exact) mass is 301 g/mol. The highest BCUT2D eigenvalue weighted by atomic mass is 35.5. The molecule has 0 heterocycles. The van der Waals surface area contributed by atoms with Crippen LogP contribution in [0.2, 0.25) is 5.02 Å². The largest absolute Gasteiger partial charge is 0.497 e. The number of hydrogen-bond donors (Lipinski definition) is 2. The van der Waals surface area contributed by atoms with Crippen LogP contribution in [0, 0.1) is 11.3 Å². The molecule has 6 heteroatoms. The summed E-state index contributed by atoms with van der Waals surface area (Å²) in [5.74, 6) is 0.636. The zero-order valence-corrected chi connectivity index (χ0v) is 11.9. The minimum absolute atomic E-state index is 0.356. The first-order chi connectivity index (χ1) is 10.1. The molecule has 2 amide bonds. The standard InChI is InChI=1S/C15H12ClN3O2/c1-21-12-4-2-3-11(8-12)18-15(20)19-14-7-10(9-17)5-6-13(14)16/h2-8H,1H3,(H2,18,19,20). The summed E-state index contributed by atoms with van der Waals surface area (Å²) in [6.07, 6.45) is 0. The highest BCUT2D eigenvalue weighted by Gasteiger charge is 2.07. The molecule has 0 bridgehead atoms. The van der Waals surface area contributed by atoms with Gasteiger partial charge in [0.25, 0.3) is 0 Å². The maximum absolute atomic E-state index is 11.9. The van der Waals surface area contributed by atoms with Gasteiger partial charge >= 0.3 is 6.03 Å². The Labute approximate surface area is 127 Å². The first-order valence-corrected chi connectivity index (χ1v) is 6.42. The molecule has 2 N–H and O–H groups in total. The summed E-state index contributed by atoms with van der Waals surface area (Å²) in [7, 11) is 1.55. The Morgan fingerprint density at radius 2 is 2.05 bits per heavy atom. The van der Waals surface area contributed by atoms with Gasteiger partial charge in [-0.2, -0.15) is 5.26 Å². The number of carbonyl (C=O) groups is 1. The van der Waals surface area contributed by atoms with Gasteiger partial charge in [-0.1, -0.05) is 17.7 Å². The number of rotatable bonds is 3. The summed E-state index contributed by atoms with van der Waals surface area (Å²) < 4.78 is 5.08. The lowest BCUT2D eigenvalue weighted by atomic mass is 10.2. The molecule has 2 rings (SSSR count). The third-order valence-corrected chi connectivity index (χ3v) is 3.00. The van der Waals surface area contributed by atoms with Crippen LogP contribution in [0.15, 0.2) is 42.5 Å². The fourth-order valence-corrected chi connectivity index (χ4v) is 1.84. The van der Waals surface area contributed by atoms with E-state index in [1.807, 2.05) is 6.07 Å². The second-order valence-corrected chi connectivity index (χ2v) is 4.52. The van der Waals surface area contributed by atoms with Crippen LogP contribution < -0.4 is 15.4 Å². The van der Waals surface area contributed by atoms with Gasteiger partial charge in [-0.05, 0) is 30.3 Å². The molecule has 0 saturated carbocycles. The molecular formula is C15H12ClN3O2. The zero-order valence-electron chi connectivity index (χ0n) is 11.2. The van der Waals surface area contributed by atoms with Gasteiger partial charge in [-0.25, -0.2) is 4.79 Å². The molecule has 0 atom stereocenters. The number of anilines is 2. The molecule has 0 aliphatic heterocycles. The minimum Gasteiger partial charge on any atom is -0.497 e. The highest BCUT2D eigenvalue weighted by molar-refractivity contribution is 6.33.